The van der Waals surface area contributed by atoms with Gasteiger partial charge in [-0.2, -0.15) is 4.90 Å². The first-order valence-electron chi connectivity index (χ1n) is 14.5. The zero-order valence-electron chi connectivity index (χ0n) is 23.8. The summed E-state index contributed by atoms with van der Waals surface area (Å²) in [5.41, 5.74) is 5.10. The van der Waals surface area contributed by atoms with Crippen LogP contribution in [0.4, 0.5) is 4.79 Å². The highest BCUT2D eigenvalue weighted by Crippen LogP contribution is 2.50. The summed E-state index contributed by atoms with van der Waals surface area (Å²) in [5, 5.41) is 9.74. The highest BCUT2D eigenvalue weighted by molar-refractivity contribution is 6.16. The van der Waals surface area contributed by atoms with Crippen molar-refractivity contribution in [3.63, 3.8) is 0 Å². The van der Waals surface area contributed by atoms with Crippen molar-refractivity contribution in [3.8, 4) is 11.5 Å². The molecular formula is C35H33NO7. The summed E-state index contributed by atoms with van der Waals surface area (Å²) in [6, 6.07) is 26.7. The lowest BCUT2D eigenvalue weighted by Crippen LogP contribution is -2.38. The van der Waals surface area contributed by atoms with Crippen LogP contribution in [0.2, 0.25) is 0 Å². The molecule has 0 aromatic heterocycles. The third kappa shape index (κ3) is 5.70. The van der Waals surface area contributed by atoms with Crippen molar-refractivity contribution in [3.05, 3.63) is 107 Å². The van der Waals surface area contributed by atoms with Gasteiger partial charge >= 0.3 is 6.09 Å². The van der Waals surface area contributed by atoms with Crippen molar-refractivity contribution in [2.24, 2.45) is 17.8 Å². The number of para-hydroxylation sites is 1. The fourth-order valence-corrected chi connectivity index (χ4v) is 6.57. The van der Waals surface area contributed by atoms with Gasteiger partial charge in [0.15, 0.2) is 0 Å². The van der Waals surface area contributed by atoms with Gasteiger partial charge in [0, 0.05) is 5.92 Å². The average Bonchev–Trinajstić information content (AvgIpc) is 3.57. The number of fused-ring (bicyclic) bond motifs is 3. The first-order valence-corrected chi connectivity index (χ1v) is 14.5. The first kappa shape index (κ1) is 28.4. The molecule has 8 nitrogen and oxygen atoms in total. The number of allylic oxidation sites excluding steroid dienone is 1. The number of benzene rings is 3. The van der Waals surface area contributed by atoms with Crippen molar-refractivity contribution in [1.82, 2.24) is 4.90 Å². The number of ether oxygens (including phenoxy) is 3. The molecule has 2 fully saturated rings. The molecule has 6 rings (SSSR count). The molecule has 0 unspecified atom stereocenters. The summed E-state index contributed by atoms with van der Waals surface area (Å²) < 4.78 is 17.3. The molecular weight excluding hydrogens is 546 g/mol. The largest absolute Gasteiger partial charge is 0.508 e. The molecule has 4 atom stereocenters. The maximum absolute atomic E-state index is 13.4. The Morgan fingerprint density at radius 1 is 0.953 bits per heavy atom. The predicted molar refractivity (Wildman–Crippen MR) is 160 cm³/mol. The number of hydrogen-bond donors (Lipinski definition) is 1. The van der Waals surface area contributed by atoms with E-state index < -0.39 is 29.7 Å². The third-order valence-corrected chi connectivity index (χ3v) is 8.58. The summed E-state index contributed by atoms with van der Waals surface area (Å²) in [6.45, 7) is 0.542. The number of carbonyl (C=O) groups excluding carboxylic acids is 3. The lowest BCUT2D eigenvalue weighted by molar-refractivity contribution is -0.137. The zero-order valence-corrected chi connectivity index (χ0v) is 23.8. The van der Waals surface area contributed by atoms with E-state index in [1.54, 1.807) is 12.1 Å². The molecule has 0 bridgehead atoms. The number of phenols is 1. The van der Waals surface area contributed by atoms with Crippen LogP contribution in [0.25, 0.3) is 11.6 Å². The van der Waals surface area contributed by atoms with Crippen LogP contribution in [0.3, 0.4) is 0 Å². The van der Waals surface area contributed by atoms with Gasteiger partial charge in [-0.05, 0) is 71.4 Å². The third-order valence-electron chi connectivity index (χ3n) is 8.58. The van der Waals surface area contributed by atoms with E-state index in [9.17, 15) is 19.5 Å². The second-order valence-corrected chi connectivity index (χ2v) is 11.1. The van der Waals surface area contributed by atoms with Crippen LogP contribution in [0.1, 0.15) is 30.4 Å². The minimum atomic E-state index is -0.949. The quantitative estimate of drug-likeness (QED) is 0.202. The molecule has 220 valence electrons. The summed E-state index contributed by atoms with van der Waals surface area (Å²) in [6.07, 6.45) is 2.54. The maximum Gasteiger partial charge on any atom is 0.423 e. The van der Waals surface area contributed by atoms with Crippen molar-refractivity contribution in [2.45, 2.75) is 25.4 Å². The fourth-order valence-electron chi connectivity index (χ4n) is 6.57. The number of likely N-dealkylation sites (tertiary alicyclic amines) is 1. The highest BCUT2D eigenvalue weighted by Gasteiger charge is 2.59. The van der Waals surface area contributed by atoms with Crippen LogP contribution in [0.5, 0.6) is 11.5 Å². The summed E-state index contributed by atoms with van der Waals surface area (Å²) in [7, 11) is 1.17. The lowest BCUT2D eigenvalue weighted by Gasteiger charge is -2.31. The smallest absolute Gasteiger partial charge is 0.423 e. The first-order chi connectivity index (χ1) is 20.9. The molecule has 2 saturated heterocycles. The molecule has 1 N–H and O–H groups in total. The molecule has 0 radical (unpaired) electrons. The topological polar surface area (TPSA) is 102 Å². The zero-order chi connectivity index (χ0) is 29.9. The minimum absolute atomic E-state index is 0.210. The van der Waals surface area contributed by atoms with Gasteiger partial charge in [0.25, 0.3) is 0 Å². The van der Waals surface area contributed by atoms with Gasteiger partial charge in [0.2, 0.25) is 11.8 Å². The van der Waals surface area contributed by atoms with E-state index in [-0.39, 0.29) is 31.0 Å². The Morgan fingerprint density at radius 2 is 1.65 bits per heavy atom. The molecule has 8 heteroatoms. The molecule has 3 aromatic carbocycles. The molecule has 43 heavy (non-hydrogen) atoms. The number of phenolic OH excluding ortho intramolecular Hbond substituents is 1. The number of aromatic hydroxyl groups is 1. The monoisotopic (exact) mass is 579 g/mol. The number of rotatable bonds is 8. The van der Waals surface area contributed by atoms with Gasteiger partial charge < -0.3 is 19.3 Å². The van der Waals surface area contributed by atoms with Crippen LogP contribution in [-0.2, 0) is 19.1 Å². The Bertz CT molecular complexity index is 1560. The van der Waals surface area contributed by atoms with Crippen LogP contribution in [0, 0.1) is 17.8 Å². The Hall–Kier alpha value is -4.69. The fraction of sp³-hybridized carbons (Fsp3) is 0.286. The Balaban J connectivity index is 1.31. The van der Waals surface area contributed by atoms with Gasteiger partial charge in [0.1, 0.15) is 18.1 Å². The van der Waals surface area contributed by atoms with Gasteiger partial charge in [0.05, 0.1) is 31.7 Å². The molecule has 0 saturated carbocycles. The Morgan fingerprint density at radius 3 is 2.35 bits per heavy atom. The molecule has 3 amide bonds. The molecule has 0 spiro atoms. The second kappa shape index (κ2) is 12.3. The number of amides is 3. The summed E-state index contributed by atoms with van der Waals surface area (Å²) in [5.74, 6) is -1.79. The highest BCUT2D eigenvalue weighted by atomic mass is 16.5. The number of methoxy groups -OCH3 is 1. The van der Waals surface area contributed by atoms with E-state index in [0.717, 1.165) is 27.8 Å². The van der Waals surface area contributed by atoms with Crippen molar-refractivity contribution in [2.75, 3.05) is 20.3 Å². The minimum Gasteiger partial charge on any atom is -0.508 e. The number of imide groups is 3. The Kier molecular flexibility index (Phi) is 8.11. The molecule has 3 aromatic rings. The van der Waals surface area contributed by atoms with Gasteiger partial charge in [-0.1, -0.05) is 66.7 Å². The molecule has 2 heterocycles. The van der Waals surface area contributed by atoms with Crippen molar-refractivity contribution in [1.29, 1.82) is 0 Å². The normalized spacial score (nSPS) is 23.3. The average molecular weight is 580 g/mol. The van der Waals surface area contributed by atoms with E-state index in [1.807, 2.05) is 60.7 Å². The van der Waals surface area contributed by atoms with Crippen LogP contribution < -0.4 is 4.74 Å². The van der Waals surface area contributed by atoms with Gasteiger partial charge in [-0.3, -0.25) is 9.59 Å². The standard InChI is InChI=1S/C35H33NO7/c1-41-35(40)36-33(38)28-19-25(20-42-27-10-6-3-7-11-27)31-29(32(28)34(36)39)21-43-30(31)17-14-24(23-8-4-2-5-9-23)18-22-12-15-26(37)16-13-22/h2-13,15-16,18,28-30,32,37H,14,17,19-21H2,1H3/b24-18-/t28-,29+,30-,32-/m1/s1. The molecule has 3 aliphatic rings. The van der Waals surface area contributed by atoms with E-state index in [4.69, 9.17) is 14.2 Å². The molecule has 1 aliphatic carbocycles. The van der Waals surface area contributed by atoms with Crippen molar-refractivity contribution >= 4 is 29.6 Å². The summed E-state index contributed by atoms with van der Waals surface area (Å²) in [4.78, 5) is 39.8. The van der Waals surface area contributed by atoms with E-state index in [1.165, 1.54) is 7.11 Å². The molecule has 2 aliphatic heterocycles. The summed E-state index contributed by atoms with van der Waals surface area (Å²) >= 11 is 0. The van der Waals surface area contributed by atoms with Crippen LogP contribution in [-0.4, -0.2) is 54.3 Å². The number of nitrogens with zero attached hydrogens (tertiary/aromatic N) is 1. The second-order valence-electron chi connectivity index (χ2n) is 11.1. The predicted octanol–water partition coefficient (Wildman–Crippen LogP) is 5.87. The number of hydrogen-bond acceptors (Lipinski definition) is 7. The van der Waals surface area contributed by atoms with Crippen LogP contribution >= 0.6 is 0 Å². The van der Waals surface area contributed by atoms with E-state index >= 15 is 0 Å². The van der Waals surface area contributed by atoms with Crippen LogP contribution in [0.15, 0.2) is 96.1 Å². The Labute approximate surface area is 250 Å². The SMILES string of the molecule is COC(=O)N1C(=O)[C@@H]2[C@@H](CC(COc3ccccc3)=C3[C@@H](CC/C(=C/c4ccc(O)cc4)c4ccccc4)OC[C@@H]32)C1=O. The van der Waals surface area contributed by atoms with Crippen molar-refractivity contribution < 1.29 is 33.7 Å². The van der Waals surface area contributed by atoms with Gasteiger partial charge in [-0.15, -0.1) is 0 Å². The van der Waals surface area contributed by atoms with Gasteiger partial charge in [-0.25, -0.2) is 4.79 Å². The number of carbonyl (C=O) groups is 3. The maximum atomic E-state index is 13.4. The lowest BCUT2D eigenvalue weighted by atomic mass is 9.69. The van der Waals surface area contributed by atoms with E-state index in [0.29, 0.717) is 29.9 Å². The van der Waals surface area contributed by atoms with E-state index in [2.05, 4.69) is 18.2 Å².